The van der Waals surface area contributed by atoms with Gasteiger partial charge in [0.25, 0.3) is 0 Å². The van der Waals surface area contributed by atoms with Crippen LogP contribution in [0.15, 0.2) is 34.9 Å². The van der Waals surface area contributed by atoms with E-state index in [1.54, 1.807) is 0 Å². The number of alkyl halides is 3. The van der Waals surface area contributed by atoms with Gasteiger partial charge in [0.1, 0.15) is 5.56 Å². The minimum Gasteiger partial charge on any atom is -0.436 e. The lowest BCUT2D eigenvalue weighted by Crippen LogP contribution is -2.08. The molecule has 0 unspecified atom stereocenters. The van der Waals surface area contributed by atoms with Crippen LogP contribution >= 0.6 is 27.5 Å². The first-order valence-electron chi connectivity index (χ1n) is 5.23. The highest BCUT2D eigenvalue weighted by Gasteiger charge is 2.36. The van der Waals surface area contributed by atoms with E-state index in [2.05, 4.69) is 20.9 Å². The predicted molar refractivity (Wildman–Crippen MR) is 72.9 cm³/mol. The third kappa shape index (κ3) is 3.34. The fourth-order valence-electron chi connectivity index (χ4n) is 1.43. The molecule has 8 heteroatoms. The van der Waals surface area contributed by atoms with Gasteiger partial charge >= 0.3 is 6.18 Å². The summed E-state index contributed by atoms with van der Waals surface area (Å²) in [5, 5.41) is 0.356. The summed E-state index contributed by atoms with van der Waals surface area (Å²) < 4.78 is 44.0. The van der Waals surface area contributed by atoms with Crippen molar-refractivity contribution < 1.29 is 17.9 Å². The first kappa shape index (κ1) is 14.9. The maximum Gasteiger partial charge on any atom is 0.421 e. The van der Waals surface area contributed by atoms with Crippen LogP contribution in [0.25, 0.3) is 0 Å². The van der Waals surface area contributed by atoms with Gasteiger partial charge in [0.2, 0.25) is 5.88 Å². The van der Waals surface area contributed by atoms with Gasteiger partial charge in [-0.15, -0.1) is 0 Å². The lowest BCUT2D eigenvalue weighted by Gasteiger charge is -2.14. The molecule has 0 amide bonds. The minimum atomic E-state index is -4.59. The maximum atomic E-state index is 12.9. The van der Waals surface area contributed by atoms with Crippen LogP contribution in [0.1, 0.15) is 5.56 Å². The Labute approximate surface area is 125 Å². The number of halogens is 5. The average molecular weight is 368 g/mol. The van der Waals surface area contributed by atoms with Crippen molar-refractivity contribution in [1.82, 2.24) is 4.98 Å². The van der Waals surface area contributed by atoms with E-state index < -0.39 is 17.6 Å². The van der Waals surface area contributed by atoms with Gasteiger partial charge in [-0.1, -0.05) is 11.6 Å². The zero-order valence-corrected chi connectivity index (χ0v) is 12.1. The number of benzene rings is 1. The van der Waals surface area contributed by atoms with E-state index in [0.717, 1.165) is 6.07 Å². The highest BCUT2D eigenvalue weighted by molar-refractivity contribution is 9.10. The Morgan fingerprint density at radius 1 is 1.25 bits per heavy atom. The fraction of sp³-hybridized carbons (Fsp3) is 0.0833. The summed E-state index contributed by atoms with van der Waals surface area (Å²) in [4.78, 5) is 3.63. The molecule has 0 saturated heterocycles. The third-order valence-corrected chi connectivity index (χ3v) is 2.97. The normalized spacial score (nSPS) is 11.4. The van der Waals surface area contributed by atoms with Crippen molar-refractivity contribution in [3.63, 3.8) is 0 Å². The van der Waals surface area contributed by atoms with Crippen LogP contribution in [0.2, 0.25) is 5.02 Å². The molecule has 2 aromatic rings. The predicted octanol–water partition coefficient (Wildman–Crippen LogP) is 4.89. The van der Waals surface area contributed by atoms with Crippen LogP contribution in [0, 0.1) is 0 Å². The van der Waals surface area contributed by atoms with Gasteiger partial charge in [-0.05, 0) is 40.2 Å². The van der Waals surface area contributed by atoms with Crippen LogP contribution in [0.5, 0.6) is 11.6 Å². The van der Waals surface area contributed by atoms with Crippen molar-refractivity contribution in [3.05, 3.63) is 45.5 Å². The molecule has 0 aliphatic heterocycles. The van der Waals surface area contributed by atoms with Crippen molar-refractivity contribution >= 4 is 33.2 Å². The van der Waals surface area contributed by atoms with Gasteiger partial charge in [-0.25, -0.2) is 4.98 Å². The lowest BCUT2D eigenvalue weighted by atomic mass is 10.2. The monoisotopic (exact) mass is 366 g/mol. The van der Waals surface area contributed by atoms with E-state index >= 15 is 0 Å². The highest BCUT2D eigenvalue weighted by Crippen LogP contribution is 2.39. The lowest BCUT2D eigenvalue weighted by molar-refractivity contribution is -0.138. The van der Waals surface area contributed by atoms with Crippen molar-refractivity contribution in [2.75, 3.05) is 5.73 Å². The second-order valence-corrected chi connectivity index (χ2v) is 5.14. The van der Waals surface area contributed by atoms with Crippen LogP contribution < -0.4 is 10.5 Å². The summed E-state index contributed by atoms with van der Waals surface area (Å²) in [6.07, 6.45) is -3.38. The topological polar surface area (TPSA) is 48.1 Å². The third-order valence-electron chi connectivity index (χ3n) is 2.30. The summed E-state index contributed by atoms with van der Waals surface area (Å²) in [5.41, 5.74) is 4.75. The van der Waals surface area contributed by atoms with E-state index in [1.807, 2.05) is 0 Å². The Balaban J connectivity index is 2.43. The molecule has 0 atom stereocenters. The zero-order chi connectivity index (χ0) is 14.9. The molecule has 20 heavy (non-hydrogen) atoms. The minimum absolute atomic E-state index is 0.0507. The molecular weight excluding hydrogens is 360 g/mol. The van der Waals surface area contributed by atoms with Crippen molar-refractivity contribution in [1.29, 1.82) is 0 Å². The first-order valence-corrected chi connectivity index (χ1v) is 6.40. The molecule has 2 N–H and O–H groups in total. The fourth-order valence-corrected chi connectivity index (χ4v) is 1.94. The van der Waals surface area contributed by atoms with E-state index in [1.165, 1.54) is 24.4 Å². The average Bonchev–Trinajstić information content (AvgIpc) is 2.33. The number of nitrogens with zero attached hydrogens (tertiary/aromatic N) is 1. The number of nitrogens with two attached hydrogens (primary N) is 1. The Kier molecular flexibility index (Phi) is 4.10. The van der Waals surface area contributed by atoms with E-state index in [9.17, 15) is 13.2 Å². The largest absolute Gasteiger partial charge is 0.436 e. The molecular formula is C12H7BrClF3N2O. The molecule has 1 aromatic carbocycles. The van der Waals surface area contributed by atoms with E-state index in [0.29, 0.717) is 5.02 Å². The summed E-state index contributed by atoms with van der Waals surface area (Å²) >= 11 is 8.65. The number of ether oxygens (including phenoxy) is 1. The number of aromatic nitrogens is 1. The maximum absolute atomic E-state index is 12.9. The zero-order valence-electron chi connectivity index (χ0n) is 9.71. The number of rotatable bonds is 2. The van der Waals surface area contributed by atoms with Crippen LogP contribution in [-0.2, 0) is 6.18 Å². The number of nitrogen functional groups attached to an aromatic ring is 1. The number of pyridine rings is 1. The van der Waals surface area contributed by atoms with Gasteiger partial charge in [-0.3, -0.25) is 0 Å². The van der Waals surface area contributed by atoms with E-state index in [4.69, 9.17) is 22.1 Å². The highest BCUT2D eigenvalue weighted by atomic mass is 79.9. The molecule has 0 saturated carbocycles. The summed E-state index contributed by atoms with van der Waals surface area (Å²) in [7, 11) is 0. The summed E-state index contributed by atoms with van der Waals surface area (Å²) in [6.45, 7) is 0. The standard InChI is InChI=1S/C12H7BrClF3N2O/c13-6-3-8(12(15,16)17)11(19-5-6)20-10-2-1-7(14)4-9(10)18/h1-5H,18H2. The number of hydrogen-bond acceptors (Lipinski definition) is 3. The van der Waals surface area contributed by atoms with Crippen LogP contribution in [-0.4, -0.2) is 4.98 Å². The van der Waals surface area contributed by atoms with Crippen molar-refractivity contribution in [2.24, 2.45) is 0 Å². The Morgan fingerprint density at radius 3 is 2.55 bits per heavy atom. The van der Waals surface area contributed by atoms with E-state index in [-0.39, 0.29) is 15.9 Å². The molecule has 3 nitrogen and oxygen atoms in total. The SMILES string of the molecule is Nc1cc(Cl)ccc1Oc1ncc(Br)cc1C(F)(F)F. The van der Waals surface area contributed by atoms with Gasteiger partial charge in [-0.2, -0.15) is 13.2 Å². The molecule has 106 valence electrons. The molecule has 0 aliphatic rings. The van der Waals surface area contributed by atoms with Crippen molar-refractivity contribution in [2.45, 2.75) is 6.18 Å². The first-order chi connectivity index (χ1) is 9.27. The van der Waals surface area contributed by atoms with Crippen LogP contribution in [0.4, 0.5) is 18.9 Å². The quantitative estimate of drug-likeness (QED) is 0.769. The smallest absolute Gasteiger partial charge is 0.421 e. The van der Waals surface area contributed by atoms with Gasteiger partial charge < -0.3 is 10.5 Å². The molecule has 0 radical (unpaired) electrons. The summed E-state index contributed by atoms with van der Waals surface area (Å²) in [6, 6.07) is 5.10. The van der Waals surface area contributed by atoms with Crippen molar-refractivity contribution in [3.8, 4) is 11.6 Å². The Morgan fingerprint density at radius 2 is 1.95 bits per heavy atom. The molecule has 0 bridgehead atoms. The summed E-state index contributed by atoms with van der Waals surface area (Å²) in [5.74, 6) is -0.524. The van der Waals surface area contributed by atoms with Gasteiger partial charge in [0, 0.05) is 15.7 Å². The molecule has 2 rings (SSSR count). The molecule has 1 aromatic heterocycles. The van der Waals surface area contributed by atoms with Gasteiger partial charge in [0.05, 0.1) is 5.69 Å². The molecule has 1 heterocycles. The molecule has 0 fully saturated rings. The van der Waals surface area contributed by atoms with Gasteiger partial charge in [0.15, 0.2) is 5.75 Å². The number of anilines is 1. The second-order valence-electron chi connectivity index (χ2n) is 3.79. The molecule has 0 spiro atoms. The Hall–Kier alpha value is -1.47. The molecule has 0 aliphatic carbocycles. The number of hydrogen-bond donors (Lipinski definition) is 1. The Bertz CT molecular complexity index is 649. The second kappa shape index (κ2) is 5.49. The van der Waals surface area contributed by atoms with Crippen LogP contribution in [0.3, 0.4) is 0 Å².